The van der Waals surface area contributed by atoms with Crippen LogP contribution in [-0.4, -0.2) is 19.8 Å². The van der Waals surface area contributed by atoms with Gasteiger partial charge in [0, 0.05) is 5.97 Å². The average molecular weight is 134 g/mol. The molecule has 2 fully saturated rings. The molecule has 0 amide bonds. The van der Waals surface area contributed by atoms with E-state index in [0.29, 0.717) is 6.71 Å². The minimum atomic E-state index is 0.372. The molecule has 10 heavy (non-hydrogen) atoms. The number of rotatable bonds is 0. The molecule has 2 rings (SSSR count). The van der Waals surface area contributed by atoms with Gasteiger partial charge in [0.15, 0.2) is 0 Å². The lowest BCUT2D eigenvalue weighted by molar-refractivity contribution is 0.525. The largest absolute Gasteiger partial charge is 0.316 e. The molecule has 0 aliphatic carbocycles. The van der Waals surface area contributed by atoms with E-state index in [1.807, 2.05) is 0 Å². The van der Waals surface area contributed by atoms with Crippen LogP contribution in [-0.2, 0) is 0 Å². The molecule has 0 bridgehead atoms. The fraction of sp³-hybridized carbons (Fsp3) is 0.857. The van der Waals surface area contributed by atoms with Gasteiger partial charge in [-0.25, -0.2) is 5.26 Å². The van der Waals surface area contributed by atoms with Crippen molar-refractivity contribution in [3.05, 3.63) is 0 Å². The van der Waals surface area contributed by atoms with Crippen molar-refractivity contribution >= 4 is 6.71 Å². The lowest BCUT2D eigenvalue weighted by Gasteiger charge is -2.03. The summed E-state index contributed by atoms with van der Waals surface area (Å²) < 4.78 is 0. The molecule has 0 radical (unpaired) electrons. The second-order valence-corrected chi connectivity index (χ2v) is 3.48. The molecule has 2 atom stereocenters. The Morgan fingerprint density at radius 2 is 1.90 bits per heavy atom. The van der Waals surface area contributed by atoms with Crippen molar-refractivity contribution in [2.75, 3.05) is 13.1 Å². The Balaban J connectivity index is 2.01. The first-order chi connectivity index (χ1) is 4.90. The summed E-state index contributed by atoms with van der Waals surface area (Å²) in [6.07, 6.45) is 2.29. The predicted octanol–water partition coefficient (Wildman–Crippen LogP) is 0.393. The zero-order valence-corrected chi connectivity index (χ0v) is 6.01. The van der Waals surface area contributed by atoms with E-state index in [9.17, 15) is 0 Å². The lowest BCUT2D eigenvalue weighted by Crippen LogP contribution is -2.14. The number of nitrogens with one attached hydrogen (secondary N) is 1. The molecular weight excluding hydrogens is 123 g/mol. The molecule has 0 aromatic rings. The Morgan fingerprint density at radius 3 is 2.40 bits per heavy atom. The van der Waals surface area contributed by atoms with Crippen LogP contribution in [0, 0.1) is 23.1 Å². The van der Waals surface area contributed by atoms with Crippen LogP contribution in [0.2, 0.25) is 12.6 Å². The topological polar surface area (TPSA) is 35.8 Å². The molecule has 0 saturated carbocycles. The van der Waals surface area contributed by atoms with Gasteiger partial charge in [-0.1, -0.05) is 12.6 Å². The van der Waals surface area contributed by atoms with E-state index in [0.717, 1.165) is 37.6 Å². The van der Waals surface area contributed by atoms with Crippen LogP contribution in [0.4, 0.5) is 0 Å². The van der Waals surface area contributed by atoms with Crippen molar-refractivity contribution in [2.45, 2.75) is 12.6 Å². The number of hydrogen-bond acceptors (Lipinski definition) is 2. The van der Waals surface area contributed by atoms with Crippen LogP contribution in [0.1, 0.15) is 0 Å². The summed E-state index contributed by atoms with van der Waals surface area (Å²) in [7, 11) is 0. The average Bonchev–Trinajstić information content (AvgIpc) is 2.42. The Hall–Kier alpha value is -0.485. The monoisotopic (exact) mass is 134 g/mol. The van der Waals surface area contributed by atoms with E-state index in [4.69, 9.17) is 5.26 Å². The molecule has 0 spiro atoms. The van der Waals surface area contributed by atoms with Crippen molar-refractivity contribution in [3.63, 3.8) is 0 Å². The Labute approximate surface area is 61.7 Å². The van der Waals surface area contributed by atoms with Gasteiger partial charge < -0.3 is 5.32 Å². The lowest BCUT2D eigenvalue weighted by atomic mass is 9.49. The molecule has 52 valence electrons. The third-order valence-electron chi connectivity index (χ3n) is 2.84. The van der Waals surface area contributed by atoms with Crippen LogP contribution in [0.15, 0.2) is 0 Å². The Kier molecular flexibility index (Phi) is 1.42. The minimum Gasteiger partial charge on any atom is -0.316 e. The summed E-state index contributed by atoms with van der Waals surface area (Å²) in [6.45, 7) is 2.68. The van der Waals surface area contributed by atoms with Crippen LogP contribution in [0.25, 0.3) is 0 Å². The van der Waals surface area contributed by atoms with E-state index < -0.39 is 0 Å². The van der Waals surface area contributed by atoms with Crippen LogP contribution < -0.4 is 5.32 Å². The van der Waals surface area contributed by atoms with Gasteiger partial charge in [0.1, 0.15) is 0 Å². The molecule has 0 aromatic heterocycles. The van der Waals surface area contributed by atoms with Crippen molar-refractivity contribution in [2.24, 2.45) is 11.8 Å². The van der Waals surface area contributed by atoms with Crippen LogP contribution >= 0.6 is 0 Å². The van der Waals surface area contributed by atoms with Crippen LogP contribution in [0.5, 0.6) is 0 Å². The third-order valence-corrected chi connectivity index (χ3v) is 2.84. The van der Waals surface area contributed by atoms with Crippen molar-refractivity contribution < 1.29 is 0 Å². The summed E-state index contributed by atoms with van der Waals surface area (Å²) >= 11 is 0. The van der Waals surface area contributed by atoms with Crippen molar-refractivity contribution in [1.82, 2.24) is 5.32 Å². The van der Waals surface area contributed by atoms with E-state index >= 15 is 0 Å². The highest BCUT2D eigenvalue weighted by Crippen LogP contribution is 2.34. The van der Waals surface area contributed by atoms with Crippen molar-refractivity contribution in [1.29, 1.82) is 5.26 Å². The summed E-state index contributed by atoms with van der Waals surface area (Å²) in [5.41, 5.74) is 0. The molecule has 3 heteroatoms. The highest BCUT2D eigenvalue weighted by molar-refractivity contribution is 6.67. The maximum Gasteiger partial charge on any atom is 0.268 e. The number of nitrogens with zero attached hydrogens (tertiary/aromatic N) is 1. The maximum absolute atomic E-state index is 8.65. The van der Waals surface area contributed by atoms with Gasteiger partial charge in [-0.15, -0.1) is 0 Å². The highest BCUT2D eigenvalue weighted by atomic mass is 14.9. The Bertz CT molecular complexity index is 163. The van der Waals surface area contributed by atoms with E-state index in [2.05, 4.69) is 11.3 Å². The molecule has 1 N–H and O–H groups in total. The van der Waals surface area contributed by atoms with Gasteiger partial charge in [-0.05, 0) is 24.9 Å². The highest BCUT2D eigenvalue weighted by Gasteiger charge is 2.39. The molecule has 2 saturated heterocycles. The molecule has 0 aromatic carbocycles. The molecular formula is C7H11BN2. The van der Waals surface area contributed by atoms with Gasteiger partial charge in [0.05, 0.1) is 0 Å². The molecule has 2 nitrogen and oxygen atoms in total. The summed E-state index contributed by atoms with van der Waals surface area (Å²) in [5.74, 6) is 4.01. The quantitative estimate of drug-likeness (QED) is 0.486. The predicted molar refractivity (Wildman–Crippen MR) is 40.8 cm³/mol. The summed E-state index contributed by atoms with van der Waals surface area (Å²) in [4.78, 5) is 0. The van der Waals surface area contributed by atoms with Crippen LogP contribution in [0.3, 0.4) is 0 Å². The number of fused-ring (bicyclic) bond motifs is 1. The van der Waals surface area contributed by atoms with Crippen molar-refractivity contribution in [3.8, 4) is 5.97 Å². The van der Waals surface area contributed by atoms with Gasteiger partial charge in [-0.2, -0.15) is 0 Å². The number of nitriles is 1. The maximum atomic E-state index is 8.65. The second kappa shape index (κ2) is 2.28. The standard InChI is InChI=1S/C7H11BN2/c9-5-8-1-6-3-10-4-7(6)2-8/h6-7,10H,1-4H2. The van der Waals surface area contributed by atoms with E-state index in [-0.39, 0.29) is 0 Å². The van der Waals surface area contributed by atoms with E-state index in [1.54, 1.807) is 0 Å². The zero-order valence-electron chi connectivity index (χ0n) is 6.01. The first-order valence-electron chi connectivity index (χ1n) is 4.00. The molecule has 2 heterocycles. The third kappa shape index (κ3) is 0.838. The van der Waals surface area contributed by atoms with E-state index in [1.165, 1.54) is 0 Å². The molecule has 2 aliphatic heterocycles. The zero-order chi connectivity index (χ0) is 6.97. The Morgan fingerprint density at radius 1 is 1.30 bits per heavy atom. The van der Waals surface area contributed by atoms with Gasteiger partial charge >= 0.3 is 0 Å². The first kappa shape index (κ1) is 6.24. The second-order valence-electron chi connectivity index (χ2n) is 3.48. The van der Waals surface area contributed by atoms with Gasteiger partial charge in [0.25, 0.3) is 6.71 Å². The van der Waals surface area contributed by atoms with Gasteiger partial charge in [0.2, 0.25) is 0 Å². The smallest absolute Gasteiger partial charge is 0.268 e. The first-order valence-corrected chi connectivity index (χ1v) is 4.00. The fourth-order valence-corrected chi connectivity index (χ4v) is 2.27. The fourth-order valence-electron chi connectivity index (χ4n) is 2.27. The number of hydrogen-bond donors (Lipinski definition) is 1. The molecule has 2 unspecified atom stereocenters. The molecule has 2 aliphatic rings. The summed E-state index contributed by atoms with van der Waals surface area (Å²) in [6, 6.07) is 0. The SMILES string of the molecule is N#CB1CC2CNCC2C1. The van der Waals surface area contributed by atoms with Gasteiger partial charge in [-0.3, -0.25) is 0 Å². The summed E-state index contributed by atoms with van der Waals surface area (Å²) in [5, 5.41) is 12.0. The minimum absolute atomic E-state index is 0.372. The normalized spacial score (nSPS) is 37.7.